The number of halogens is 1. The van der Waals surface area contributed by atoms with E-state index in [1.54, 1.807) is 13.1 Å². The van der Waals surface area contributed by atoms with Crippen LogP contribution in [0.4, 0.5) is 10.2 Å². The monoisotopic (exact) mass is 528 g/mol. The van der Waals surface area contributed by atoms with Crippen molar-refractivity contribution < 1.29 is 14.0 Å². The third kappa shape index (κ3) is 6.04. The van der Waals surface area contributed by atoms with Crippen molar-refractivity contribution in [2.75, 3.05) is 12.4 Å². The molecule has 204 valence electrons. The normalized spacial score (nSPS) is 24.5. The number of nitrogens with one attached hydrogen (secondary N) is 1. The molecule has 2 aromatic carbocycles. The van der Waals surface area contributed by atoms with Crippen molar-refractivity contribution in [2.45, 2.75) is 69.6 Å². The summed E-state index contributed by atoms with van der Waals surface area (Å²) in [6.45, 7) is 1.60. The van der Waals surface area contributed by atoms with E-state index in [2.05, 4.69) is 10.3 Å². The van der Waals surface area contributed by atoms with Gasteiger partial charge in [-0.3, -0.25) is 9.59 Å². The molecule has 2 fully saturated rings. The van der Waals surface area contributed by atoms with Crippen LogP contribution in [0.25, 0.3) is 22.3 Å². The number of rotatable bonds is 7. The zero-order valence-electron chi connectivity index (χ0n) is 22.7. The van der Waals surface area contributed by atoms with Crippen LogP contribution >= 0.6 is 0 Å². The maximum Gasteiger partial charge on any atom is 0.225 e. The first-order valence-electron chi connectivity index (χ1n) is 13.8. The SMILES string of the molecule is CC(=O)N(C)C1CCC(CC(=O)Nc2cc(-c3ccccc3)c(-c3ccc([C@]4(N)C[C@@H](F)C4)cc3)cn2)CC1. The Bertz CT molecular complexity index is 1310. The fourth-order valence-electron chi connectivity index (χ4n) is 6.01. The highest BCUT2D eigenvalue weighted by Gasteiger charge is 2.42. The lowest BCUT2D eigenvalue weighted by Gasteiger charge is -2.41. The lowest BCUT2D eigenvalue weighted by Crippen LogP contribution is -2.50. The number of hydrogen-bond donors (Lipinski definition) is 2. The van der Waals surface area contributed by atoms with E-state index in [1.807, 2.05) is 72.6 Å². The molecule has 0 saturated heterocycles. The van der Waals surface area contributed by atoms with Crippen molar-refractivity contribution in [1.82, 2.24) is 9.88 Å². The summed E-state index contributed by atoms with van der Waals surface area (Å²) in [6, 6.07) is 20.2. The molecule has 5 rings (SSSR count). The average molecular weight is 529 g/mol. The number of benzene rings is 2. The molecule has 3 N–H and O–H groups in total. The van der Waals surface area contributed by atoms with Gasteiger partial charge in [0.05, 0.1) is 0 Å². The fraction of sp³-hybridized carbons (Fsp3) is 0.406. The van der Waals surface area contributed by atoms with Crippen molar-refractivity contribution in [3.05, 3.63) is 72.4 Å². The van der Waals surface area contributed by atoms with Crippen LogP contribution in [0.2, 0.25) is 0 Å². The van der Waals surface area contributed by atoms with E-state index in [9.17, 15) is 14.0 Å². The van der Waals surface area contributed by atoms with Crippen LogP contribution < -0.4 is 11.1 Å². The second kappa shape index (κ2) is 11.3. The van der Waals surface area contributed by atoms with Crippen LogP contribution in [-0.2, 0) is 15.1 Å². The zero-order chi connectivity index (χ0) is 27.6. The van der Waals surface area contributed by atoms with Crippen LogP contribution in [0.5, 0.6) is 0 Å². The molecule has 0 radical (unpaired) electrons. The Balaban J connectivity index is 1.30. The second-order valence-electron chi connectivity index (χ2n) is 11.3. The van der Waals surface area contributed by atoms with Crippen molar-refractivity contribution >= 4 is 17.6 Å². The number of pyridine rings is 1. The number of hydrogen-bond acceptors (Lipinski definition) is 4. The quantitative estimate of drug-likeness (QED) is 0.390. The molecule has 39 heavy (non-hydrogen) atoms. The van der Waals surface area contributed by atoms with Gasteiger partial charge in [0.1, 0.15) is 12.0 Å². The molecule has 1 heterocycles. The van der Waals surface area contributed by atoms with Crippen molar-refractivity contribution in [2.24, 2.45) is 11.7 Å². The molecule has 2 aliphatic carbocycles. The Hall–Kier alpha value is -3.58. The summed E-state index contributed by atoms with van der Waals surface area (Å²) < 4.78 is 13.5. The summed E-state index contributed by atoms with van der Waals surface area (Å²) in [5.74, 6) is 0.880. The minimum absolute atomic E-state index is 0.0399. The molecule has 0 aliphatic heterocycles. The standard InChI is InChI=1S/C32H37FN4O2/c1-21(38)37(2)27-14-8-22(9-15-27)16-31(39)36-30-17-28(23-6-4-3-5-7-23)29(20-35-30)24-10-12-25(13-11-24)32(34)18-26(33)19-32/h3-7,10-13,17,20,22,26-27H,8-9,14-16,18-19,34H2,1-2H3,(H,35,36,39)/t22?,26-,27?,32+. The van der Waals surface area contributed by atoms with Gasteiger partial charge in [-0.15, -0.1) is 0 Å². The van der Waals surface area contributed by atoms with Crippen LogP contribution in [0.1, 0.15) is 57.4 Å². The smallest absolute Gasteiger partial charge is 0.225 e. The van der Waals surface area contributed by atoms with Gasteiger partial charge in [-0.2, -0.15) is 0 Å². The van der Waals surface area contributed by atoms with E-state index >= 15 is 0 Å². The van der Waals surface area contributed by atoms with Gasteiger partial charge in [0.25, 0.3) is 0 Å². The molecule has 0 bridgehead atoms. The summed E-state index contributed by atoms with van der Waals surface area (Å²) in [4.78, 5) is 31.0. The fourth-order valence-corrected chi connectivity index (χ4v) is 6.01. The molecular formula is C32H37FN4O2. The minimum atomic E-state index is -0.824. The number of nitrogens with two attached hydrogens (primary N) is 1. The number of alkyl halides is 1. The Labute approximate surface area is 229 Å². The Morgan fingerprint density at radius 1 is 1.00 bits per heavy atom. The molecule has 7 heteroatoms. The number of anilines is 1. The van der Waals surface area contributed by atoms with E-state index in [-0.39, 0.29) is 17.9 Å². The molecule has 2 amide bonds. The van der Waals surface area contributed by atoms with Gasteiger partial charge in [0, 0.05) is 56.6 Å². The van der Waals surface area contributed by atoms with Gasteiger partial charge in [-0.25, -0.2) is 9.37 Å². The van der Waals surface area contributed by atoms with E-state index in [4.69, 9.17) is 5.73 Å². The van der Waals surface area contributed by atoms with Gasteiger partial charge in [0.15, 0.2) is 0 Å². The highest BCUT2D eigenvalue weighted by molar-refractivity contribution is 5.92. The first kappa shape index (κ1) is 27.0. The van der Waals surface area contributed by atoms with Crippen LogP contribution in [0.3, 0.4) is 0 Å². The largest absolute Gasteiger partial charge is 0.343 e. The number of carbonyl (C=O) groups excluding carboxylic acids is 2. The van der Waals surface area contributed by atoms with Crippen LogP contribution in [0.15, 0.2) is 66.9 Å². The lowest BCUT2D eigenvalue weighted by atomic mass is 9.71. The summed E-state index contributed by atoms with van der Waals surface area (Å²) >= 11 is 0. The van der Waals surface area contributed by atoms with Crippen molar-refractivity contribution in [3.63, 3.8) is 0 Å². The molecule has 0 atom stereocenters. The van der Waals surface area contributed by atoms with Crippen LogP contribution in [0, 0.1) is 5.92 Å². The van der Waals surface area contributed by atoms with Gasteiger partial charge < -0.3 is 16.0 Å². The number of amides is 2. The Morgan fingerprint density at radius 2 is 1.64 bits per heavy atom. The van der Waals surface area contributed by atoms with Gasteiger partial charge in [-0.05, 0) is 59.9 Å². The topological polar surface area (TPSA) is 88.3 Å². The molecule has 2 aliphatic rings. The Morgan fingerprint density at radius 3 is 2.26 bits per heavy atom. The molecule has 6 nitrogen and oxygen atoms in total. The number of aromatic nitrogens is 1. The summed E-state index contributed by atoms with van der Waals surface area (Å²) in [5.41, 5.74) is 10.7. The molecule has 3 aromatic rings. The second-order valence-corrected chi connectivity index (χ2v) is 11.3. The first-order chi connectivity index (χ1) is 18.7. The molecule has 0 spiro atoms. The number of carbonyl (C=O) groups is 2. The summed E-state index contributed by atoms with van der Waals surface area (Å²) in [5, 5.41) is 3.01. The predicted molar refractivity (Wildman–Crippen MR) is 153 cm³/mol. The molecular weight excluding hydrogens is 491 g/mol. The Kier molecular flexibility index (Phi) is 7.80. The zero-order valence-corrected chi connectivity index (χ0v) is 22.7. The maximum atomic E-state index is 13.5. The van der Waals surface area contributed by atoms with Crippen molar-refractivity contribution in [1.29, 1.82) is 0 Å². The van der Waals surface area contributed by atoms with Gasteiger partial charge >= 0.3 is 0 Å². The average Bonchev–Trinajstić information content (AvgIpc) is 2.93. The molecule has 2 saturated carbocycles. The van der Waals surface area contributed by atoms with E-state index < -0.39 is 11.7 Å². The summed E-state index contributed by atoms with van der Waals surface area (Å²) in [6.07, 6.45) is 5.86. The van der Waals surface area contributed by atoms with Gasteiger partial charge in [0.2, 0.25) is 11.8 Å². The van der Waals surface area contributed by atoms with E-state index in [1.165, 1.54) is 0 Å². The lowest BCUT2D eigenvalue weighted by molar-refractivity contribution is -0.130. The minimum Gasteiger partial charge on any atom is -0.343 e. The van der Waals surface area contributed by atoms with E-state index in [0.717, 1.165) is 53.5 Å². The highest BCUT2D eigenvalue weighted by Crippen LogP contribution is 2.42. The van der Waals surface area contributed by atoms with E-state index in [0.29, 0.717) is 31.0 Å². The third-order valence-electron chi connectivity index (χ3n) is 8.53. The number of nitrogens with zero attached hydrogens (tertiary/aromatic N) is 2. The predicted octanol–water partition coefficient (Wildman–Crippen LogP) is 6.07. The summed E-state index contributed by atoms with van der Waals surface area (Å²) in [7, 11) is 1.86. The van der Waals surface area contributed by atoms with Crippen molar-refractivity contribution in [3.8, 4) is 22.3 Å². The molecule has 0 unspecified atom stereocenters. The molecule has 1 aromatic heterocycles. The first-order valence-corrected chi connectivity index (χ1v) is 13.8. The van der Waals surface area contributed by atoms with Crippen LogP contribution in [-0.4, -0.2) is 41.0 Å². The highest BCUT2D eigenvalue weighted by atomic mass is 19.1. The third-order valence-corrected chi connectivity index (χ3v) is 8.53. The maximum absolute atomic E-state index is 13.5. The van der Waals surface area contributed by atoms with Gasteiger partial charge in [-0.1, -0.05) is 54.6 Å².